The molecule has 10 heteroatoms. The van der Waals surface area contributed by atoms with Gasteiger partial charge in [0.2, 0.25) is 0 Å². The molecular formula is C31H30N2O8. The molecule has 1 aliphatic rings. The van der Waals surface area contributed by atoms with Crippen LogP contribution in [0.5, 0.6) is 28.7 Å². The molecule has 2 unspecified atom stereocenters. The van der Waals surface area contributed by atoms with Crippen LogP contribution in [-0.2, 0) is 19.5 Å². The summed E-state index contributed by atoms with van der Waals surface area (Å²) in [5.41, 5.74) is 2.63. The number of amides is 1. The van der Waals surface area contributed by atoms with Gasteiger partial charge in [0.1, 0.15) is 23.4 Å². The number of aliphatic hydroxyl groups excluding tert-OH is 2. The molecule has 0 fully saturated rings. The monoisotopic (exact) mass is 558 g/mol. The fraction of sp³-hybridized carbons (Fsp3) is 0.194. The van der Waals surface area contributed by atoms with E-state index in [9.17, 15) is 25.2 Å². The third kappa shape index (κ3) is 7.06. The molecule has 4 aromatic carbocycles. The van der Waals surface area contributed by atoms with Gasteiger partial charge in [-0.1, -0.05) is 66.7 Å². The molecule has 10 nitrogen and oxygen atoms in total. The zero-order valence-electron chi connectivity index (χ0n) is 21.9. The Kier molecular flexibility index (Phi) is 8.54. The van der Waals surface area contributed by atoms with E-state index in [1.807, 2.05) is 60.7 Å². The molecule has 0 aromatic heterocycles. The second-order valence-corrected chi connectivity index (χ2v) is 9.52. The van der Waals surface area contributed by atoms with Crippen LogP contribution in [0.2, 0.25) is 0 Å². The largest absolute Gasteiger partial charge is 0.508 e. The summed E-state index contributed by atoms with van der Waals surface area (Å²) in [6, 6.07) is 25.9. The molecule has 1 heterocycles. The molecule has 5 rings (SSSR count). The zero-order valence-corrected chi connectivity index (χ0v) is 21.9. The smallest absolute Gasteiger partial charge is 0.413 e. The van der Waals surface area contributed by atoms with Crippen LogP contribution in [0.25, 0.3) is 0 Å². The summed E-state index contributed by atoms with van der Waals surface area (Å²) in [5, 5.41) is 47.0. The quantitative estimate of drug-likeness (QED) is 0.168. The Morgan fingerprint density at radius 3 is 2.29 bits per heavy atom. The summed E-state index contributed by atoms with van der Waals surface area (Å²) in [6.45, 7) is 0.556. The molecule has 0 bridgehead atoms. The van der Waals surface area contributed by atoms with E-state index >= 15 is 0 Å². The molecule has 1 aliphatic heterocycles. The average molecular weight is 559 g/mol. The predicted molar refractivity (Wildman–Crippen MR) is 149 cm³/mol. The van der Waals surface area contributed by atoms with Gasteiger partial charge in [0.25, 0.3) is 6.41 Å². The highest BCUT2D eigenvalue weighted by Gasteiger charge is 2.33. The highest BCUT2D eigenvalue weighted by atomic mass is 16.6. The number of phenolic OH excluding ortho intramolecular Hbond substituents is 2. The van der Waals surface area contributed by atoms with Gasteiger partial charge in [0, 0.05) is 37.2 Å². The molecular weight excluding hydrogens is 528 g/mol. The second kappa shape index (κ2) is 12.6. The van der Waals surface area contributed by atoms with Crippen molar-refractivity contribution in [2.24, 2.45) is 0 Å². The summed E-state index contributed by atoms with van der Waals surface area (Å²) < 4.78 is 17.2. The highest BCUT2D eigenvalue weighted by Crippen LogP contribution is 2.43. The number of rotatable bonds is 9. The molecule has 6 N–H and O–H groups in total. The van der Waals surface area contributed by atoms with Gasteiger partial charge in [-0.05, 0) is 28.8 Å². The molecule has 1 amide bonds. The summed E-state index contributed by atoms with van der Waals surface area (Å²) in [4.78, 5) is 12.6. The van der Waals surface area contributed by atoms with E-state index < -0.39 is 24.7 Å². The summed E-state index contributed by atoms with van der Waals surface area (Å²) >= 11 is 0. The summed E-state index contributed by atoms with van der Waals surface area (Å²) in [6.07, 6.45) is -4.07. The second-order valence-electron chi connectivity index (χ2n) is 9.52. The van der Waals surface area contributed by atoms with Crippen molar-refractivity contribution in [3.63, 3.8) is 0 Å². The zero-order chi connectivity index (χ0) is 28.8. The lowest BCUT2D eigenvalue weighted by Crippen LogP contribution is -2.34. The number of hydrogen-bond acceptors (Lipinski definition) is 9. The number of carbonyl (C=O) groups is 1. The third-order valence-corrected chi connectivity index (χ3v) is 6.53. The van der Waals surface area contributed by atoms with Crippen LogP contribution in [0.4, 0.5) is 4.79 Å². The maximum absolute atomic E-state index is 12.6. The van der Waals surface area contributed by atoms with E-state index in [0.29, 0.717) is 17.7 Å². The Labute approximate surface area is 236 Å². The molecule has 0 saturated carbocycles. The lowest BCUT2D eigenvalue weighted by Gasteiger charge is -2.31. The summed E-state index contributed by atoms with van der Waals surface area (Å²) in [7, 11) is 0. The lowest BCUT2D eigenvalue weighted by atomic mass is 9.94. The number of nitrogens with one attached hydrogen (secondary N) is 2. The van der Waals surface area contributed by atoms with Crippen molar-refractivity contribution in [1.82, 2.24) is 10.6 Å². The third-order valence-electron chi connectivity index (χ3n) is 6.53. The van der Waals surface area contributed by atoms with Crippen LogP contribution in [0.1, 0.15) is 28.4 Å². The molecule has 0 radical (unpaired) electrons. The fourth-order valence-corrected chi connectivity index (χ4v) is 4.50. The Bertz CT molecular complexity index is 1480. The van der Waals surface area contributed by atoms with Gasteiger partial charge < -0.3 is 40.0 Å². The van der Waals surface area contributed by atoms with Crippen molar-refractivity contribution < 1.29 is 39.4 Å². The van der Waals surface area contributed by atoms with E-state index in [1.165, 1.54) is 24.3 Å². The van der Waals surface area contributed by atoms with E-state index in [2.05, 4.69) is 10.6 Å². The average Bonchev–Trinajstić information content (AvgIpc) is 2.97. The van der Waals surface area contributed by atoms with Crippen molar-refractivity contribution in [2.45, 2.75) is 38.1 Å². The first-order chi connectivity index (χ1) is 19.9. The van der Waals surface area contributed by atoms with Gasteiger partial charge in [-0.3, -0.25) is 5.32 Å². The Morgan fingerprint density at radius 2 is 1.59 bits per heavy atom. The van der Waals surface area contributed by atoms with Gasteiger partial charge in [-0.25, -0.2) is 4.79 Å². The van der Waals surface area contributed by atoms with Gasteiger partial charge in [-0.2, -0.15) is 0 Å². The van der Waals surface area contributed by atoms with Crippen LogP contribution in [-0.4, -0.2) is 39.0 Å². The van der Waals surface area contributed by atoms with Crippen molar-refractivity contribution in [3.05, 3.63) is 113 Å². The minimum atomic E-state index is -1.47. The van der Waals surface area contributed by atoms with Crippen molar-refractivity contribution >= 4 is 6.09 Å². The van der Waals surface area contributed by atoms with Gasteiger partial charge in [0.15, 0.2) is 11.5 Å². The number of ether oxygens (including phenoxy) is 3. The molecule has 0 spiro atoms. The first-order valence-electron chi connectivity index (χ1n) is 13.0. The van der Waals surface area contributed by atoms with Crippen LogP contribution in [0.3, 0.4) is 0 Å². The molecule has 212 valence electrons. The number of benzene rings is 4. The van der Waals surface area contributed by atoms with Gasteiger partial charge in [-0.15, -0.1) is 0 Å². The molecule has 3 atom stereocenters. The van der Waals surface area contributed by atoms with E-state index in [-0.39, 0.29) is 41.7 Å². The first kappa shape index (κ1) is 27.8. The fourth-order valence-electron chi connectivity index (χ4n) is 4.50. The van der Waals surface area contributed by atoms with Crippen LogP contribution in [0.15, 0.2) is 91.0 Å². The lowest BCUT2D eigenvalue weighted by molar-refractivity contribution is -0.0467. The molecule has 0 aliphatic carbocycles. The van der Waals surface area contributed by atoms with Gasteiger partial charge in [0.05, 0.1) is 6.10 Å². The van der Waals surface area contributed by atoms with Crippen molar-refractivity contribution in [3.8, 4) is 28.7 Å². The van der Waals surface area contributed by atoms with Crippen molar-refractivity contribution in [2.75, 3.05) is 0 Å². The maximum atomic E-state index is 12.6. The summed E-state index contributed by atoms with van der Waals surface area (Å²) in [5.74, 6) is -0.0882. The standard InChI is InChI=1S/C31H30N2O8/c34-22-14-24(35)23-16-25(36)29(39-27(23)15-22)21-11-12-26(40-30(37)32-17-19-7-3-1-4-8-19)28(13-21)41-31(38)33-18-20-9-5-2-6-10-20/h1-15,25,29,31,33-36,38H,16-18H2,(H,32,37)/t25-,29?,31?/m1/s1. The molecule has 4 aromatic rings. The number of phenols is 2. The maximum Gasteiger partial charge on any atom is 0.413 e. The van der Waals surface area contributed by atoms with Crippen LogP contribution >= 0.6 is 0 Å². The SMILES string of the molecule is O=C(NCc1ccccc1)Oc1ccc(C2Oc3cc(O)cc(O)c3C[C@H]2O)cc1OC(O)NCc1ccccc1. The number of fused-ring (bicyclic) bond motifs is 1. The Balaban J connectivity index is 1.35. The van der Waals surface area contributed by atoms with Crippen molar-refractivity contribution in [1.29, 1.82) is 0 Å². The number of carbonyl (C=O) groups excluding carboxylic acids is 1. The highest BCUT2D eigenvalue weighted by molar-refractivity contribution is 5.71. The number of aliphatic hydroxyl groups is 2. The predicted octanol–water partition coefficient (Wildman–Crippen LogP) is 3.87. The van der Waals surface area contributed by atoms with Gasteiger partial charge >= 0.3 is 6.09 Å². The van der Waals surface area contributed by atoms with Crippen LogP contribution in [0, 0.1) is 0 Å². The van der Waals surface area contributed by atoms with E-state index in [1.54, 1.807) is 6.07 Å². The molecule has 41 heavy (non-hydrogen) atoms. The van der Waals surface area contributed by atoms with Crippen LogP contribution < -0.4 is 24.8 Å². The minimum absolute atomic E-state index is 0.0192. The first-order valence-corrected chi connectivity index (χ1v) is 13.0. The normalized spacial score (nSPS) is 16.6. The minimum Gasteiger partial charge on any atom is -0.508 e. The van der Waals surface area contributed by atoms with E-state index in [0.717, 1.165) is 11.1 Å². The Morgan fingerprint density at radius 1 is 0.902 bits per heavy atom. The Hall–Kier alpha value is -4.77. The van der Waals surface area contributed by atoms with E-state index in [4.69, 9.17) is 14.2 Å². The number of hydrogen-bond donors (Lipinski definition) is 6. The topological polar surface area (TPSA) is 150 Å². The molecule has 0 saturated heterocycles. The number of aromatic hydroxyl groups is 2.